The number of aromatic nitrogens is 1. The van der Waals surface area contributed by atoms with E-state index < -0.39 is 20.2 Å². The Hall–Kier alpha value is -0.915. The summed E-state index contributed by atoms with van der Waals surface area (Å²) in [6.07, 6.45) is -1.52. The molecule has 15 heavy (non-hydrogen) atoms. The lowest BCUT2D eigenvalue weighted by Gasteiger charge is -2.08. The van der Waals surface area contributed by atoms with E-state index in [0.717, 1.165) is 12.3 Å². The van der Waals surface area contributed by atoms with E-state index in [1.807, 2.05) is 0 Å². The standard InChI is InChI=1S/C7H7BClF2NO3/c9-7-5(15-3-6(10)11)1-4(2-12-7)8(13)14/h1-2,6,13-14H,3H2. The van der Waals surface area contributed by atoms with Gasteiger partial charge in [0.05, 0.1) is 0 Å². The van der Waals surface area contributed by atoms with Crippen LogP contribution in [0.1, 0.15) is 0 Å². The zero-order chi connectivity index (χ0) is 11.4. The Bertz CT molecular complexity index is 340. The van der Waals surface area contributed by atoms with Crippen LogP contribution in [-0.4, -0.2) is 35.2 Å². The molecule has 0 fully saturated rings. The molecule has 0 aliphatic heterocycles. The van der Waals surface area contributed by atoms with Crippen molar-refractivity contribution in [2.75, 3.05) is 6.61 Å². The summed E-state index contributed by atoms with van der Waals surface area (Å²) in [7, 11) is -1.75. The van der Waals surface area contributed by atoms with Gasteiger partial charge in [-0.25, -0.2) is 13.8 Å². The number of hydrogen-bond acceptors (Lipinski definition) is 4. The van der Waals surface area contributed by atoms with Crippen molar-refractivity contribution >= 4 is 24.2 Å². The van der Waals surface area contributed by atoms with Crippen molar-refractivity contribution in [3.05, 3.63) is 17.4 Å². The van der Waals surface area contributed by atoms with Crippen LogP contribution < -0.4 is 10.2 Å². The molecule has 8 heteroatoms. The summed E-state index contributed by atoms with van der Waals surface area (Å²) in [4.78, 5) is 3.55. The SMILES string of the molecule is OB(O)c1cnc(Cl)c(OCC(F)F)c1. The van der Waals surface area contributed by atoms with Gasteiger partial charge in [0.25, 0.3) is 6.43 Å². The van der Waals surface area contributed by atoms with Gasteiger partial charge >= 0.3 is 7.12 Å². The molecular weight excluding hydrogens is 230 g/mol. The molecule has 0 radical (unpaired) electrons. The van der Waals surface area contributed by atoms with Crippen molar-refractivity contribution in [1.29, 1.82) is 0 Å². The Balaban J connectivity index is 2.81. The zero-order valence-corrected chi connectivity index (χ0v) is 8.16. The fraction of sp³-hybridized carbons (Fsp3) is 0.286. The van der Waals surface area contributed by atoms with Crippen LogP contribution in [0.3, 0.4) is 0 Å². The van der Waals surface area contributed by atoms with E-state index in [2.05, 4.69) is 9.72 Å². The van der Waals surface area contributed by atoms with Gasteiger partial charge in [-0.15, -0.1) is 0 Å². The predicted octanol–water partition coefficient (Wildman–Crippen LogP) is 0.0587. The molecule has 0 bridgehead atoms. The minimum Gasteiger partial charge on any atom is -0.484 e. The van der Waals surface area contributed by atoms with E-state index >= 15 is 0 Å². The van der Waals surface area contributed by atoms with E-state index in [1.165, 1.54) is 0 Å². The van der Waals surface area contributed by atoms with E-state index in [9.17, 15) is 8.78 Å². The zero-order valence-electron chi connectivity index (χ0n) is 7.40. The van der Waals surface area contributed by atoms with Gasteiger partial charge in [-0.3, -0.25) is 0 Å². The second kappa shape index (κ2) is 5.25. The first-order valence-corrected chi connectivity index (χ1v) is 4.31. The number of nitrogens with zero attached hydrogens (tertiary/aromatic N) is 1. The normalized spacial score (nSPS) is 10.5. The third-order valence-electron chi connectivity index (χ3n) is 1.49. The van der Waals surface area contributed by atoms with Gasteiger partial charge in [0.2, 0.25) is 0 Å². The van der Waals surface area contributed by atoms with Crippen LogP contribution in [0.4, 0.5) is 8.78 Å². The number of rotatable bonds is 4. The van der Waals surface area contributed by atoms with Crippen LogP contribution >= 0.6 is 11.6 Å². The molecule has 1 aromatic heterocycles. The van der Waals surface area contributed by atoms with Gasteiger partial charge in [-0.1, -0.05) is 11.6 Å². The van der Waals surface area contributed by atoms with Crippen molar-refractivity contribution in [2.45, 2.75) is 6.43 Å². The van der Waals surface area contributed by atoms with Crippen molar-refractivity contribution in [3.8, 4) is 5.75 Å². The van der Waals surface area contributed by atoms with Gasteiger partial charge < -0.3 is 14.8 Å². The molecule has 0 unspecified atom stereocenters. The molecule has 4 nitrogen and oxygen atoms in total. The van der Waals surface area contributed by atoms with Crippen LogP contribution in [0.5, 0.6) is 5.75 Å². The first-order valence-electron chi connectivity index (χ1n) is 3.93. The fourth-order valence-electron chi connectivity index (χ4n) is 0.838. The van der Waals surface area contributed by atoms with E-state index in [-0.39, 0.29) is 16.4 Å². The molecule has 0 aromatic carbocycles. The fourth-order valence-corrected chi connectivity index (χ4v) is 0.996. The maximum Gasteiger partial charge on any atom is 0.490 e. The van der Waals surface area contributed by atoms with Gasteiger partial charge in [-0.05, 0) is 6.07 Å². The lowest BCUT2D eigenvalue weighted by atomic mass is 9.82. The molecule has 0 spiro atoms. The smallest absolute Gasteiger partial charge is 0.484 e. The molecule has 1 rings (SSSR count). The number of alkyl halides is 2. The van der Waals surface area contributed by atoms with Crippen LogP contribution in [-0.2, 0) is 0 Å². The minimum absolute atomic E-state index is 0.0173. The van der Waals surface area contributed by atoms with Gasteiger partial charge in [0, 0.05) is 11.7 Å². The highest BCUT2D eigenvalue weighted by Crippen LogP contribution is 2.20. The quantitative estimate of drug-likeness (QED) is 0.574. The molecular formula is C7H7BClF2NO3. The molecule has 0 saturated carbocycles. The van der Waals surface area contributed by atoms with E-state index in [1.54, 1.807) is 0 Å². The molecule has 1 aromatic rings. The second-order valence-corrected chi connectivity index (χ2v) is 2.99. The largest absolute Gasteiger partial charge is 0.490 e. The van der Waals surface area contributed by atoms with Crippen LogP contribution in [0, 0.1) is 0 Å². The average Bonchev–Trinajstić information content (AvgIpc) is 2.16. The molecule has 0 aliphatic rings. The number of halogens is 3. The Kier molecular flexibility index (Phi) is 4.25. The molecule has 82 valence electrons. The molecule has 0 aliphatic carbocycles. The Morgan fingerprint density at radius 1 is 1.53 bits per heavy atom. The van der Waals surface area contributed by atoms with Crippen LogP contribution in [0.25, 0.3) is 0 Å². The van der Waals surface area contributed by atoms with Gasteiger partial charge in [0.15, 0.2) is 10.9 Å². The van der Waals surface area contributed by atoms with Gasteiger partial charge in [-0.2, -0.15) is 0 Å². The summed E-state index contributed by atoms with van der Waals surface area (Å²) in [5, 5.41) is 17.5. The van der Waals surface area contributed by atoms with Gasteiger partial charge in [0.1, 0.15) is 6.61 Å². The lowest BCUT2D eigenvalue weighted by Crippen LogP contribution is -2.30. The monoisotopic (exact) mass is 237 g/mol. The highest BCUT2D eigenvalue weighted by molar-refractivity contribution is 6.58. The number of ether oxygens (including phenoxy) is 1. The van der Waals surface area contributed by atoms with Crippen molar-refractivity contribution < 1.29 is 23.6 Å². The maximum absolute atomic E-state index is 11.8. The average molecular weight is 237 g/mol. The minimum atomic E-state index is -2.64. The number of pyridine rings is 1. The van der Waals surface area contributed by atoms with E-state index in [4.69, 9.17) is 21.6 Å². The van der Waals surface area contributed by atoms with Crippen molar-refractivity contribution in [2.24, 2.45) is 0 Å². The maximum atomic E-state index is 11.8. The molecule has 2 N–H and O–H groups in total. The molecule has 0 amide bonds. The third-order valence-corrected chi connectivity index (χ3v) is 1.77. The Morgan fingerprint density at radius 3 is 2.73 bits per heavy atom. The molecule has 0 saturated heterocycles. The lowest BCUT2D eigenvalue weighted by molar-refractivity contribution is 0.0818. The van der Waals surface area contributed by atoms with E-state index in [0.29, 0.717) is 0 Å². The molecule has 0 atom stereocenters. The second-order valence-electron chi connectivity index (χ2n) is 2.63. The third kappa shape index (κ3) is 3.62. The topological polar surface area (TPSA) is 62.6 Å². The highest BCUT2D eigenvalue weighted by atomic mass is 35.5. The Morgan fingerprint density at radius 2 is 2.20 bits per heavy atom. The number of hydrogen-bond donors (Lipinski definition) is 2. The first kappa shape index (κ1) is 12.2. The predicted molar refractivity (Wildman–Crippen MR) is 50.6 cm³/mol. The summed E-state index contributed by atoms with van der Waals surface area (Å²) in [5.41, 5.74) is 0.0173. The summed E-state index contributed by atoms with van der Waals surface area (Å²) in [5.74, 6) is -0.109. The summed E-state index contributed by atoms with van der Waals surface area (Å²) in [6, 6.07) is 1.14. The summed E-state index contributed by atoms with van der Waals surface area (Å²) < 4.78 is 28.3. The highest BCUT2D eigenvalue weighted by Gasteiger charge is 2.15. The van der Waals surface area contributed by atoms with Crippen LogP contribution in [0.15, 0.2) is 12.3 Å². The molecule has 1 heterocycles. The Labute approximate surface area is 89.6 Å². The van der Waals surface area contributed by atoms with Crippen molar-refractivity contribution in [3.63, 3.8) is 0 Å². The summed E-state index contributed by atoms with van der Waals surface area (Å²) in [6.45, 7) is -0.827. The van der Waals surface area contributed by atoms with Crippen LogP contribution in [0.2, 0.25) is 5.15 Å². The summed E-state index contributed by atoms with van der Waals surface area (Å²) >= 11 is 5.54. The first-order chi connectivity index (χ1) is 7.00. The van der Waals surface area contributed by atoms with Crippen molar-refractivity contribution in [1.82, 2.24) is 4.98 Å².